The lowest BCUT2D eigenvalue weighted by atomic mass is 10.2. The van der Waals surface area contributed by atoms with Gasteiger partial charge in [-0.15, -0.1) is 0 Å². The van der Waals surface area contributed by atoms with Gasteiger partial charge >= 0.3 is 6.09 Å². The van der Waals surface area contributed by atoms with Crippen LogP contribution in [0.15, 0.2) is 28.7 Å². The minimum absolute atomic E-state index is 0.311. The Morgan fingerprint density at radius 3 is 2.68 bits per heavy atom. The van der Waals surface area contributed by atoms with Crippen LogP contribution in [-0.2, 0) is 4.74 Å². The topological polar surface area (TPSA) is 38.3 Å². The number of alkyl carbamates (subject to hydrolysis) is 1. The number of carbonyl (C=O) groups excluding carboxylic acids is 1. The van der Waals surface area contributed by atoms with Gasteiger partial charge < -0.3 is 10.1 Å². The Hall–Kier alpha value is -1.36. The van der Waals surface area contributed by atoms with Crippen molar-refractivity contribution in [1.82, 2.24) is 5.32 Å². The van der Waals surface area contributed by atoms with Crippen LogP contribution in [0.3, 0.4) is 0 Å². The van der Waals surface area contributed by atoms with Crippen molar-refractivity contribution in [3.05, 3.63) is 40.1 Å². The first-order valence-corrected chi connectivity index (χ1v) is 6.65. The van der Waals surface area contributed by atoms with E-state index in [4.69, 9.17) is 4.74 Å². The molecule has 0 saturated heterocycles. The molecule has 5 heteroatoms. The molecule has 1 N–H and O–H groups in total. The summed E-state index contributed by atoms with van der Waals surface area (Å²) in [4.78, 5) is 11.3. The fourth-order valence-electron chi connectivity index (χ4n) is 1.32. The first-order valence-electron chi connectivity index (χ1n) is 5.86. The SMILES string of the molecule is CC(C)(C)OC(=O)NCC=Cc1cc(F)cc(Br)c1. The van der Waals surface area contributed by atoms with E-state index in [2.05, 4.69) is 21.2 Å². The molecule has 0 aliphatic rings. The average molecular weight is 330 g/mol. The summed E-state index contributed by atoms with van der Waals surface area (Å²) in [5.74, 6) is -0.311. The molecule has 0 radical (unpaired) electrons. The minimum atomic E-state index is -0.513. The molecule has 1 aromatic rings. The first kappa shape index (κ1) is 15.7. The van der Waals surface area contributed by atoms with E-state index in [-0.39, 0.29) is 5.82 Å². The molecule has 0 fully saturated rings. The van der Waals surface area contributed by atoms with Gasteiger partial charge in [0.2, 0.25) is 0 Å². The summed E-state index contributed by atoms with van der Waals surface area (Å²) < 4.78 is 18.8. The Labute approximate surface area is 121 Å². The van der Waals surface area contributed by atoms with E-state index in [0.717, 1.165) is 5.56 Å². The summed E-state index contributed by atoms with van der Waals surface area (Å²) in [7, 11) is 0. The zero-order valence-electron chi connectivity index (χ0n) is 11.2. The Morgan fingerprint density at radius 1 is 1.42 bits per heavy atom. The zero-order valence-corrected chi connectivity index (χ0v) is 12.8. The highest BCUT2D eigenvalue weighted by Gasteiger charge is 2.14. The van der Waals surface area contributed by atoms with E-state index < -0.39 is 11.7 Å². The predicted octanol–water partition coefficient (Wildman–Crippen LogP) is 4.13. The van der Waals surface area contributed by atoms with E-state index in [1.165, 1.54) is 12.1 Å². The average Bonchev–Trinajstić information content (AvgIpc) is 2.20. The molecule has 1 aromatic carbocycles. The van der Waals surface area contributed by atoms with E-state index in [9.17, 15) is 9.18 Å². The molecule has 0 aliphatic heterocycles. The van der Waals surface area contributed by atoms with Crippen molar-refractivity contribution in [3.8, 4) is 0 Å². The third-order valence-electron chi connectivity index (χ3n) is 1.96. The summed E-state index contributed by atoms with van der Waals surface area (Å²) in [6.45, 7) is 5.72. The molecule has 104 valence electrons. The monoisotopic (exact) mass is 329 g/mol. The van der Waals surface area contributed by atoms with Gasteiger partial charge in [0, 0.05) is 11.0 Å². The maximum absolute atomic E-state index is 13.1. The number of amides is 1. The summed E-state index contributed by atoms with van der Waals surface area (Å²) in [6, 6.07) is 4.58. The second kappa shape index (κ2) is 6.70. The van der Waals surface area contributed by atoms with Crippen LogP contribution >= 0.6 is 15.9 Å². The number of nitrogens with one attached hydrogen (secondary N) is 1. The molecule has 3 nitrogen and oxygen atoms in total. The van der Waals surface area contributed by atoms with E-state index >= 15 is 0 Å². The largest absolute Gasteiger partial charge is 0.444 e. The van der Waals surface area contributed by atoms with E-state index in [1.54, 1.807) is 39.0 Å². The molecular weight excluding hydrogens is 313 g/mol. The first-order chi connectivity index (χ1) is 8.76. The van der Waals surface area contributed by atoms with E-state index in [1.807, 2.05) is 0 Å². The third kappa shape index (κ3) is 6.96. The molecule has 0 aromatic heterocycles. The van der Waals surface area contributed by atoms with Crippen LogP contribution in [0.1, 0.15) is 26.3 Å². The number of carbonyl (C=O) groups is 1. The Bertz CT molecular complexity index is 461. The second-order valence-corrected chi connectivity index (χ2v) is 5.90. The zero-order chi connectivity index (χ0) is 14.5. The molecule has 1 rings (SSSR count). The predicted molar refractivity (Wildman–Crippen MR) is 77.4 cm³/mol. The lowest BCUT2D eigenvalue weighted by Gasteiger charge is -2.19. The molecule has 0 atom stereocenters. The quantitative estimate of drug-likeness (QED) is 0.905. The number of hydrogen-bond donors (Lipinski definition) is 1. The molecule has 0 bridgehead atoms. The molecule has 19 heavy (non-hydrogen) atoms. The third-order valence-corrected chi connectivity index (χ3v) is 2.42. The molecule has 0 heterocycles. The lowest BCUT2D eigenvalue weighted by molar-refractivity contribution is 0.0534. The van der Waals surface area contributed by atoms with Crippen molar-refractivity contribution >= 4 is 28.1 Å². The molecule has 0 spiro atoms. The van der Waals surface area contributed by atoms with Gasteiger partial charge in [0.25, 0.3) is 0 Å². The van der Waals surface area contributed by atoms with Gasteiger partial charge in [-0.25, -0.2) is 9.18 Å². The van der Waals surface area contributed by atoms with Gasteiger partial charge in [0.1, 0.15) is 11.4 Å². The van der Waals surface area contributed by atoms with Crippen LogP contribution in [-0.4, -0.2) is 18.2 Å². The summed E-state index contributed by atoms with van der Waals surface area (Å²) >= 11 is 3.21. The van der Waals surface area contributed by atoms with Crippen LogP contribution in [0.25, 0.3) is 6.08 Å². The summed E-state index contributed by atoms with van der Waals surface area (Å²) in [5, 5.41) is 2.59. The van der Waals surface area contributed by atoms with Crippen LogP contribution in [0.4, 0.5) is 9.18 Å². The Morgan fingerprint density at radius 2 is 2.11 bits per heavy atom. The van der Waals surface area contributed by atoms with Gasteiger partial charge in [-0.2, -0.15) is 0 Å². The number of rotatable bonds is 3. The Balaban J connectivity index is 2.44. The van der Waals surface area contributed by atoms with Crippen molar-refractivity contribution in [3.63, 3.8) is 0 Å². The van der Waals surface area contributed by atoms with Gasteiger partial charge in [0.05, 0.1) is 0 Å². The van der Waals surface area contributed by atoms with Crippen LogP contribution < -0.4 is 5.32 Å². The van der Waals surface area contributed by atoms with Gasteiger partial charge in [-0.3, -0.25) is 0 Å². The molecule has 1 amide bonds. The van der Waals surface area contributed by atoms with Crippen molar-refractivity contribution in [2.24, 2.45) is 0 Å². The van der Waals surface area contributed by atoms with Crippen LogP contribution in [0, 0.1) is 5.82 Å². The highest BCUT2D eigenvalue weighted by Crippen LogP contribution is 2.15. The lowest BCUT2D eigenvalue weighted by Crippen LogP contribution is -2.32. The van der Waals surface area contributed by atoms with Crippen molar-refractivity contribution < 1.29 is 13.9 Å². The molecule has 0 aliphatic carbocycles. The summed E-state index contributed by atoms with van der Waals surface area (Å²) in [5.41, 5.74) is 0.208. The van der Waals surface area contributed by atoms with Gasteiger partial charge in [-0.05, 0) is 44.5 Å². The smallest absolute Gasteiger partial charge is 0.407 e. The highest BCUT2D eigenvalue weighted by molar-refractivity contribution is 9.10. The second-order valence-electron chi connectivity index (χ2n) is 4.99. The highest BCUT2D eigenvalue weighted by atomic mass is 79.9. The maximum atomic E-state index is 13.1. The van der Waals surface area contributed by atoms with Crippen molar-refractivity contribution in [2.75, 3.05) is 6.54 Å². The molecule has 0 unspecified atom stereocenters. The number of benzene rings is 1. The number of ether oxygens (including phenoxy) is 1. The number of halogens is 2. The van der Waals surface area contributed by atoms with Crippen molar-refractivity contribution in [2.45, 2.75) is 26.4 Å². The van der Waals surface area contributed by atoms with Gasteiger partial charge in [-0.1, -0.05) is 28.1 Å². The summed E-state index contributed by atoms with van der Waals surface area (Å²) in [6.07, 6.45) is 2.98. The maximum Gasteiger partial charge on any atom is 0.407 e. The number of hydrogen-bond acceptors (Lipinski definition) is 2. The molecular formula is C14H17BrFNO2. The molecule has 0 saturated carbocycles. The fourth-order valence-corrected chi connectivity index (χ4v) is 1.81. The van der Waals surface area contributed by atoms with E-state index in [0.29, 0.717) is 11.0 Å². The standard InChI is InChI=1S/C14H17BrFNO2/c1-14(2,3)19-13(18)17-6-4-5-10-7-11(15)9-12(16)8-10/h4-5,7-9H,6H2,1-3H3,(H,17,18). The Kier molecular flexibility index (Phi) is 5.54. The van der Waals surface area contributed by atoms with Crippen LogP contribution in [0.2, 0.25) is 0 Å². The minimum Gasteiger partial charge on any atom is -0.444 e. The van der Waals surface area contributed by atoms with Crippen molar-refractivity contribution in [1.29, 1.82) is 0 Å². The normalized spacial score (nSPS) is 11.6. The van der Waals surface area contributed by atoms with Gasteiger partial charge in [0.15, 0.2) is 0 Å². The fraction of sp³-hybridized carbons (Fsp3) is 0.357. The van der Waals surface area contributed by atoms with Crippen LogP contribution in [0.5, 0.6) is 0 Å².